The van der Waals surface area contributed by atoms with Crippen LogP contribution in [0.25, 0.3) is 0 Å². The van der Waals surface area contributed by atoms with Crippen molar-refractivity contribution in [2.24, 2.45) is 0 Å². The van der Waals surface area contributed by atoms with Crippen LogP contribution in [-0.2, 0) is 11.3 Å². The number of aryl methyl sites for hydroxylation is 2. The molecule has 150 valence electrons. The van der Waals surface area contributed by atoms with E-state index in [1.54, 1.807) is 48.5 Å². The van der Waals surface area contributed by atoms with E-state index in [0.717, 1.165) is 10.5 Å². The molecule has 0 aliphatic heterocycles. The van der Waals surface area contributed by atoms with Crippen molar-refractivity contribution in [2.75, 3.05) is 17.7 Å². The molecule has 0 saturated heterocycles. The van der Waals surface area contributed by atoms with Crippen molar-refractivity contribution in [3.8, 4) is 0 Å². The highest BCUT2D eigenvalue weighted by Crippen LogP contribution is 2.25. The number of para-hydroxylation sites is 1. The van der Waals surface area contributed by atoms with Crippen LogP contribution in [0.4, 0.5) is 5.69 Å². The first kappa shape index (κ1) is 20.7. The summed E-state index contributed by atoms with van der Waals surface area (Å²) in [7, 11) is 1.70. The van der Waals surface area contributed by atoms with Crippen LogP contribution in [-0.4, -0.2) is 24.6 Å². The summed E-state index contributed by atoms with van der Waals surface area (Å²) in [5, 5.41) is 2.83. The summed E-state index contributed by atoms with van der Waals surface area (Å²) in [4.78, 5) is 28.0. The van der Waals surface area contributed by atoms with Crippen molar-refractivity contribution in [1.29, 1.82) is 0 Å². The maximum atomic E-state index is 12.8. The van der Waals surface area contributed by atoms with Gasteiger partial charge < -0.3 is 14.6 Å². The van der Waals surface area contributed by atoms with Crippen molar-refractivity contribution in [1.82, 2.24) is 5.32 Å². The summed E-state index contributed by atoms with van der Waals surface area (Å²) in [6.45, 7) is 4.39. The molecule has 29 heavy (non-hydrogen) atoms. The minimum Gasteiger partial charge on any atom is -0.467 e. The van der Waals surface area contributed by atoms with Crippen LogP contribution in [0, 0.1) is 13.8 Å². The standard InChI is InChI=1S/C23H24N2O3S/c1-16-10-11-21(17(2)13-16)29-15-22(26)25(3)20-9-5-4-8-19(20)23(27)24-14-18-7-6-12-28-18/h4-13H,14-15H2,1-3H3,(H,24,27). The number of anilines is 1. The van der Waals surface area contributed by atoms with Gasteiger partial charge in [-0.15, -0.1) is 11.8 Å². The number of furan rings is 1. The Labute approximate surface area is 175 Å². The molecule has 0 aliphatic rings. The zero-order valence-electron chi connectivity index (χ0n) is 16.8. The van der Waals surface area contributed by atoms with Crippen LogP contribution < -0.4 is 10.2 Å². The smallest absolute Gasteiger partial charge is 0.253 e. The van der Waals surface area contributed by atoms with Crippen molar-refractivity contribution < 1.29 is 14.0 Å². The molecule has 0 bridgehead atoms. The van der Waals surface area contributed by atoms with E-state index in [9.17, 15) is 9.59 Å². The van der Waals surface area contributed by atoms with Gasteiger partial charge in [0.25, 0.3) is 5.91 Å². The monoisotopic (exact) mass is 408 g/mol. The van der Waals surface area contributed by atoms with Gasteiger partial charge in [0, 0.05) is 11.9 Å². The first-order valence-corrected chi connectivity index (χ1v) is 10.3. The zero-order valence-corrected chi connectivity index (χ0v) is 17.6. The summed E-state index contributed by atoms with van der Waals surface area (Å²) in [6.07, 6.45) is 1.56. The molecule has 2 amide bonds. The van der Waals surface area contributed by atoms with Crippen LogP contribution >= 0.6 is 11.8 Å². The van der Waals surface area contributed by atoms with E-state index in [1.807, 2.05) is 32.0 Å². The van der Waals surface area contributed by atoms with Gasteiger partial charge in [-0.2, -0.15) is 0 Å². The minimum atomic E-state index is -0.251. The van der Waals surface area contributed by atoms with Gasteiger partial charge in [0.1, 0.15) is 5.76 Å². The molecule has 1 heterocycles. The number of carbonyl (C=O) groups excluding carboxylic acids is 2. The summed E-state index contributed by atoms with van der Waals surface area (Å²) in [6, 6.07) is 16.9. The Morgan fingerprint density at radius 3 is 2.59 bits per heavy atom. The third kappa shape index (κ3) is 5.29. The minimum absolute atomic E-state index is 0.0683. The van der Waals surface area contributed by atoms with Crippen molar-refractivity contribution in [3.05, 3.63) is 83.3 Å². The highest BCUT2D eigenvalue weighted by molar-refractivity contribution is 8.00. The molecule has 6 heteroatoms. The quantitative estimate of drug-likeness (QED) is 0.581. The van der Waals surface area contributed by atoms with Crippen LogP contribution in [0.2, 0.25) is 0 Å². The number of carbonyl (C=O) groups is 2. The largest absolute Gasteiger partial charge is 0.467 e. The SMILES string of the molecule is Cc1ccc(SCC(=O)N(C)c2ccccc2C(=O)NCc2ccco2)c(C)c1. The lowest BCUT2D eigenvalue weighted by Gasteiger charge is -2.20. The van der Waals surface area contributed by atoms with Gasteiger partial charge in [-0.05, 0) is 49.7 Å². The lowest BCUT2D eigenvalue weighted by atomic mass is 10.1. The number of hydrogen-bond donors (Lipinski definition) is 1. The third-order valence-electron chi connectivity index (χ3n) is 4.57. The Hall–Kier alpha value is -2.99. The molecule has 0 aliphatic carbocycles. The molecule has 1 N–H and O–H groups in total. The van der Waals surface area contributed by atoms with Crippen LogP contribution in [0.3, 0.4) is 0 Å². The topological polar surface area (TPSA) is 62.6 Å². The van der Waals surface area contributed by atoms with E-state index in [4.69, 9.17) is 4.42 Å². The summed E-state index contributed by atoms with van der Waals surface area (Å²) in [5.74, 6) is 0.646. The summed E-state index contributed by atoms with van der Waals surface area (Å²) >= 11 is 1.51. The van der Waals surface area contributed by atoms with E-state index >= 15 is 0 Å². The van der Waals surface area contributed by atoms with Gasteiger partial charge in [0.15, 0.2) is 0 Å². The molecule has 3 aromatic rings. The molecule has 2 aromatic carbocycles. The second kappa shape index (κ2) is 9.47. The van der Waals surface area contributed by atoms with Gasteiger partial charge in [0.2, 0.25) is 5.91 Å². The summed E-state index contributed by atoms with van der Waals surface area (Å²) < 4.78 is 5.24. The fourth-order valence-corrected chi connectivity index (χ4v) is 3.89. The second-order valence-electron chi connectivity index (χ2n) is 6.79. The molecule has 0 unspecified atom stereocenters. The Balaban J connectivity index is 1.67. The normalized spacial score (nSPS) is 10.6. The van der Waals surface area contributed by atoms with E-state index in [-0.39, 0.29) is 11.8 Å². The van der Waals surface area contributed by atoms with E-state index in [0.29, 0.717) is 29.3 Å². The Morgan fingerprint density at radius 2 is 1.86 bits per heavy atom. The molecule has 0 saturated carbocycles. The van der Waals surface area contributed by atoms with Gasteiger partial charge in [-0.1, -0.05) is 29.8 Å². The molecular weight excluding hydrogens is 384 g/mol. The number of thioether (sulfide) groups is 1. The first-order chi connectivity index (χ1) is 14.0. The molecular formula is C23H24N2O3S. The van der Waals surface area contributed by atoms with E-state index in [2.05, 4.69) is 11.4 Å². The fourth-order valence-electron chi connectivity index (χ4n) is 2.97. The van der Waals surface area contributed by atoms with E-state index < -0.39 is 0 Å². The third-order valence-corrected chi connectivity index (χ3v) is 5.73. The van der Waals surface area contributed by atoms with Crippen LogP contribution in [0.1, 0.15) is 27.2 Å². The van der Waals surface area contributed by atoms with Gasteiger partial charge in [-0.25, -0.2) is 0 Å². The van der Waals surface area contributed by atoms with Crippen LogP contribution in [0.5, 0.6) is 0 Å². The summed E-state index contributed by atoms with van der Waals surface area (Å²) in [5.41, 5.74) is 3.38. The van der Waals surface area contributed by atoms with E-state index in [1.165, 1.54) is 17.3 Å². The van der Waals surface area contributed by atoms with Crippen molar-refractivity contribution >= 4 is 29.3 Å². The number of benzene rings is 2. The molecule has 1 aromatic heterocycles. The number of amides is 2. The Kier molecular flexibility index (Phi) is 6.77. The zero-order chi connectivity index (χ0) is 20.8. The Morgan fingerprint density at radius 1 is 1.07 bits per heavy atom. The maximum absolute atomic E-state index is 12.8. The average Bonchev–Trinajstić information content (AvgIpc) is 3.24. The lowest BCUT2D eigenvalue weighted by Crippen LogP contribution is -2.31. The molecule has 5 nitrogen and oxygen atoms in total. The molecule has 0 fully saturated rings. The molecule has 0 atom stereocenters. The molecule has 0 radical (unpaired) electrons. The van der Waals surface area contributed by atoms with Crippen LogP contribution in [0.15, 0.2) is 70.2 Å². The van der Waals surface area contributed by atoms with Crippen molar-refractivity contribution in [3.63, 3.8) is 0 Å². The first-order valence-electron chi connectivity index (χ1n) is 9.32. The predicted octanol–water partition coefficient (Wildman–Crippen LogP) is 4.58. The number of nitrogens with zero attached hydrogens (tertiary/aromatic N) is 1. The van der Waals surface area contributed by atoms with Gasteiger partial charge >= 0.3 is 0 Å². The molecule has 0 spiro atoms. The number of hydrogen-bond acceptors (Lipinski definition) is 4. The van der Waals surface area contributed by atoms with Gasteiger partial charge in [0.05, 0.1) is 29.8 Å². The lowest BCUT2D eigenvalue weighted by molar-refractivity contribution is -0.115. The fraction of sp³-hybridized carbons (Fsp3) is 0.217. The second-order valence-corrected chi connectivity index (χ2v) is 7.81. The predicted molar refractivity (Wildman–Crippen MR) is 116 cm³/mol. The highest BCUT2D eigenvalue weighted by atomic mass is 32.2. The highest BCUT2D eigenvalue weighted by Gasteiger charge is 2.19. The van der Waals surface area contributed by atoms with Gasteiger partial charge in [-0.3, -0.25) is 9.59 Å². The van der Waals surface area contributed by atoms with Crippen molar-refractivity contribution in [2.45, 2.75) is 25.3 Å². The average molecular weight is 409 g/mol. The number of rotatable bonds is 7. The maximum Gasteiger partial charge on any atom is 0.253 e. The number of nitrogens with one attached hydrogen (secondary N) is 1. The molecule has 3 rings (SSSR count). The Bertz CT molecular complexity index is 999.